The maximum atomic E-state index is 12.9. The van der Waals surface area contributed by atoms with Crippen LogP contribution in [-0.2, 0) is 0 Å². The van der Waals surface area contributed by atoms with Crippen molar-refractivity contribution in [3.63, 3.8) is 0 Å². The predicted molar refractivity (Wildman–Crippen MR) is 75.5 cm³/mol. The first-order chi connectivity index (χ1) is 9.24. The van der Waals surface area contributed by atoms with Gasteiger partial charge in [0.2, 0.25) is 0 Å². The van der Waals surface area contributed by atoms with Crippen molar-refractivity contribution in [1.82, 2.24) is 5.32 Å². The molecule has 1 saturated carbocycles. The van der Waals surface area contributed by atoms with Crippen LogP contribution in [0.2, 0.25) is 0 Å². The fraction of sp³-hybridized carbons (Fsp3) is 0.294. The second-order valence-electron chi connectivity index (χ2n) is 5.30. The minimum atomic E-state index is -0.161. The van der Waals surface area contributed by atoms with Gasteiger partial charge in [-0.2, -0.15) is 0 Å². The molecule has 0 amide bonds. The third-order valence-corrected chi connectivity index (χ3v) is 3.85. The summed E-state index contributed by atoms with van der Waals surface area (Å²) in [6.45, 7) is 2.19. The van der Waals surface area contributed by atoms with Crippen LogP contribution in [0.15, 0.2) is 54.6 Å². The van der Waals surface area contributed by atoms with E-state index in [2.05, 4.69) is 36.5 Å². The van der Waals surface area contributed by atoms with Crippen molar-refractivity contribution in [2.45, 2.75) is 31.3 Å². The molecule has 0 saturated heterocycles. The van der Waals surface area contributed by atoms with Gasteiger partial charge >= 0.3 is 0 Å². The highest BCUT2D eigenvalue weighted by Crippen LogP contribution is 2.41. The normalized spacial score (nSPS) is 23.1. The van der Waals surface area contributed by atoms with Crippen molar-refractivity contribution in [2.24, 2.45) is 0 Å². The molecule has 2 aromatic rings. The molecule has 0 aliphatic heterocycles. The summed E-state index contributed by atoms with van der Waals surface area (Å²) in [6, 6.07) is 18.2. The first-order valence-corrected chi connectivity index (χ1v) is 6.80. The van der Waals surface area contributed by atoms with Gasteiger partial charge in [-0.3, -0.25) is 0 Å². The Morgan fingerprint density at radius 3 is 2.42 bits per heavy atom. The third-order valence-electron chi connectivity index (χ3n) is 3.85. The molecule has 2 heteroatoms. The summed E-state index contributed by atoms with van der Waals surface area (Å²) in [6.07, 6.45) is 1.14. The van der Waals surface area contributed by atoms with E-state index >= 15 is 0 Å². The molecule has 0 heterocycles. The maximum absolute atomic E-state index is 12.9. The second-order valence-corrected chi connectivity index (χ2v) is 5.30. The molecule has 1 aliphatic rings. The Hall–Kier alpha value is -1.67. The number of hydrogen-bond acceptors (Lipinski definition) is 1. The average molecular weight is 255 g/mol. The number of rotatable bonds is 4. The van der Waals surface area contributed by atoms with Crippen LogP contribution in [0.5, 0.6) is 0 Å². The number of benzene rings is 2. The lowest BCUT2D eigenvalue weighted by Gasteiger charge is -2.14. The summed E-state index contributed by atoms with van der Waals surface area (Å²) in [5.74, 6) is 0.373. The fourth-order valence-electron chi connectivity index (χ4n) is 2.62. The van der Waals surface area contributed by atoms with Crippen molar-refractivity contribution in [2.75, 3.05) is 0 Å². The van der Waals surface area contributed by atoms with E-state index in [1.54, 1.807) is 12.1 Å². The second kappa shape index (κ2) is 5.14. The van der Waals surface area contributed by atoms with Gasteiger partial charge in [-0.25, -0.2) is 4.39 Å². The van der Waals surface area contributed by atoms with E-state index in [9.17, 15) is 4.39 Å². The zero-order valence-electron chi connectivity index (χ0n) is 11.0. The minimum absolute atomic E-state index is 0.161. The minimum Gasteiger partial charge on any atom is -0.307 e. The summed E-state index contributed by atoms with van der Waals surface area (Å²) in [5, 5.41) is 3.64. The summed E-state index contributed by atoms with van der Waals surface area (Å²) in [5.41, 5.74) is 2.55. The van der Waals surface area contributed by atoms with Crippen molar-refractivity contribution >= 4 is 0 Å². The monoisotopic (exact) mass is 255 g/mol. The van der Waals surface area contributed by atoms with Gasteiger partial charge in [0.25, 0.3) is 0 Å². The SMILES string of the molecule is CC(NC1CC1c1ccc(F)cc1)c1ccccc1. The van der Waals surface area contributed by atoms with Gasteiger partial charge in [0.1, 0.15) is 5.82 Å². The molecule has 1 N–H and O–H groups in total. The lowest BCUT2D eigenvalue weighted by atomic mass is 10.1. The summed E-state index contributed by atoms with van der Waals surface area (Å²) >= 11 is 0. The topological polar surface area (TPSA) is 12.0 Å². The van der Waals surface area contributed by atoms with Crippen LogP contribution in [0.3, 0.4) is 0 Å². The van der Waals surface area contributed by atoms with E-state index in [1.807, 2.05) is 18.2 Å². The fourth-order valence-corrected chi connectivity index (χ4v) is 2.62. The van der Waals surface area contributed by atoms with Gasteiger partial charge in [-0.1, -0.05) is 42.5 Å². The summed E-state index contributed by atoms with van der Waals surface area (Å²) < 4.78 is 12.9. The molecule has 1 aliphatic carbocycles. The Balaban J connectivity index is 1.60. The molecule has 3 rings (SSSR count). The van der Waals surface area contributed by atoms with Gasteiger partial charge in [0.15, 0.2) is 0 Å². The summed E-state index contributed by atoms with van der Waals surface area (Å²) in [7, 11) is 0. The van der Waals surface area contributed by atoms with Crippen LogP contribution >= 0.6 is 0 Å². The number of hydrogen-bond donors (Lipinski definition) is 1. The quantitative estimate of drug-likeness (QED) is 0.869. The van der Waals surface area contributed by atoms with E-state index in [1.165, 1.54) is 11.1 Å². The highest BCUT2D eigenvalue weighted by atomic mass is 19.1. The molecule has 2 aromatic carbocycles. The van der Waals surface area contributed by atoms with Crippen molar-refractivity contribution in [1.29, 1.82) is 0 Å². The molecular formula is C17H18FN. The molecule has 19 heavy (non-hydrogen) atoms. The van der Waals surface area contributed by atoms with Crippen LogP contribution in [-0.4, -0.2) is 6.04 Å². The van der Waals surface area contributed by atoms with Gasteiger partial charge < -0.3 is 5.32 Å². The van der Waals surface area contributed by atoms with Crippen LogP contribution in [0.25, 0.3) is 0 Å². The van der Waals surface area contributed by atoms with E-state index < -0.39 is 0 Å². The molecule has 98 valence electrons. The molecule has 3 atom stereocenters. The molecule has 0 aromatic heterocycles. The average Bonchev–Trinajstić information content (AvgIpc) is 3.20. The van der Waals surface area contributed by atoms with Gasteiger partial charge in [-0.05, 0) is 36.6 Å². The van der Waals surface area contributed by atoms with Crippen LogP contribution in [0.4, 0.5) is 4.39 Å². The number of nitrogens with one attached hydrogen (secondary N) is 1. The Kier molecular flexibility index (Phi) is 3.34. The molecule has 1 nitrogen and oxygen atoms in total. The van der Waals surface area contributed by atoms with Crippen LogP contribution in [0, 0.1) is 5.82 Å². The van der Waals surface area contributed by atoms with Crippen LogP contribution < -0.4 is 5.32 Å². The van der Waals surface area contributed by atoms with Gasteiger partial charge in [0.05, 0.1) is 0 Å². The summed E-state index contributed by atoms with van der Waals surface area (Å²) in [4.78, 5) is 0. The zero-order valence-corrected chi connectivity index (χ0v) is 11.0. The Morgan fingerprint density at radius 1 is 1.05 bits per heavy atom. The Labute approximate surface area is 113 Å². The van der Waals surface area contributed by atoms with Crippen molar-refractivity contribution in [3.8, 4) is 0 Å². The van der Waals surface area contributed by atoms with Crippen molar-refractivity contribution in [3.05, 3.63) is 71.5 Å². The first kappa shape index (κ1) is 12.4. The van der Waals surface area contributed by atoms with Gasteiger partial charge in [0, 0.05) is 18.0 Å². The van der Waals surface area contributed by atoms with E-state index in [-0.39, 0.29) is 5.82 Å². The molecular weight excluding hydrogens is 237 g/mol. The smallest absolute Gasteiger partial charge is 0.123 e. The lowest BCUT2D eigenvalue weighted by molar-refractivity contribution is 0.562. The molecule has 1 fully saturated rings. The van der Waals surface area contributed by atoms with Crippen molar-refractivity contribution < 1.29 is 4.39 Å². The maximum Gasteiger partial charge on any atom is 0.123 e. The van der Waals surface area contributed by atoms with E-state index in [0.29, 0.717) is 18.0 Å². The Morgan fingerprint density at radius 2 is 1.74 bits per heavy atom. The highest BCUT2D eigenvalue weighted by molar-refractivity contribution is 5.29. The predicted octanol–water partition coefficient (Wildman–Crippen LogP) is 4.03. The number of halogens is 1. The third kappa shape index (κ3) is 2.85. The lowest BCUT2D eigenvalue weighted by Crippen LogP contribution is -2.22. The standard InChI is InChI=1S/C17H18FN/c1-12(13-5-3-2-4-6-13)19-17-11-16(17)14-7-9-15(18)10-8-14/h2-10,12,16-17,19H,11H2,1H3. The Bertz CT molecular complexity index is 535. The molecule has 0 spiro atoms. The molecule has 0 bridgehead atoms. The van der Waals surface area contributed by atoms with Crippen LogP contribution in [0.1, 0.15) is 36.4 Å². The first-order valence-electron chi connectivity index (χ1n) is 6.80. The van der Waals surface area contributed by atoms with E-state index in [4.69, 9.17) is 0 Å². The largest absolute Gasteiger partial charge is 0.307 e. The van der Waals surface area contributed by atoms with Gasteiger partial charge in [-0.15, -0.1) is 0 Å². The van der Waals surface area contributed by atoms with E-state index in [0.717, 1.165) is 6.42 Å². The molecule has 3 unspecified atom stereocenters. The highest BCUT2D eigenvalue weighted by Gasteiger charge is 2.38. The zero-order chi connectivity index (χ0) is 13.2. The molecule has 0 radical (unpaired) electrons.